The van der Waals surface area contributed by atoms with Crippen LogP contribution in [0.15, 0.2) is 194 Å². The molecule has 0 aliphatic heterocycles. The van der Waals surface area contributed by atoms with Gasteiger partial charge in [0, 0.05) is 64.6 Å². The zero-order valence-electron chi connectivity index (χ0n) is 30.7. The van der Waals surface area contributed by atoms with E-state index in [-0.39, 0.29) is 0 Å². The van der Waals surface area contributed by atoms with Crippen LogP contribution in [-0.2, 0) is 0 Å². The van der Waals surface area contributed by atoms with Gasteiger partial charge in [0.2, 0.25) is 0 Å². The van der Waals surface area contributed by atoms with Crippen LogP contribution in [0.3, 0.4) is 0 Å². The summed E-state index contributed by atoms with van der Waals surface area (Å²) in [5, 5.41) is 7.48. The molecule has 0 aliphatic carbocycles. The van der Waals surface area contributed by atoms with Gasteiger partial charge in [-0.05, 0) is 53.6 Å². The lowest BCUT2D eigenvalue weighted by Gasteiger charge is -2.12. The maximum atomic E-state index is 5.29. The van der Waals surface area contributed by atoms with E-state index in [9.17, 15) is 0 Å². The largest absolute Gasteiger partial charge is 0.309 e. The predicted octanol–water partition coefficient (Wildman–Crippen LogP) is 14.0. The Morgan fingerprint density at radius 3 is 1.72 bits per heavy atom. The molecule has 0 bridgehead atoms. The van der Waals surface area contributed by atoms with Gasteiger partial charge in [-0.25, -0.2) is 9.97 Å². The first-order chi connectivity index (χ1) is 28.3. The van der Waals surface area contributed by atoms with Gasteiger partial charge in [-0.1, -0.05) is 146 Å². The molecule has 0 atom stereocenters. The summed E-state index contributed by atoms with van der Waals surface area (Å²) in [5.74, 6) is 1.53. The first-order valence-electron chi connectivity index (χ1n) is 19.3. The maximum absolute atomic E-state index is 5.29. The van der Waals surface area contributed by atoms with Gasteiger partial charge in [0.15, 0.2) is 5.82 Å². The van der Waals surface area contributed by atoms with Gasteiger partial charge >= 0.3 is 0 Å². The molecule has 0 amide bonds. The normalized spacial score (nSPS) is 11.9. The zero-order valence-corrected chi connectivity index (χ0v) is 31.5. The van der Waals surface area contributed by atoms with E-state index in [2.05, 4.69) is 179 Å². The van der Waals surface area contributed by atoms with E-state index < -0.39 is 0 Å². The summed E-state index contributed by atoms with van der Waals surface area (Å²) in [6.07, 6.45) is 0. The highest BCUT2D eigenvalue weighted by molar-refractivity contribution is 7.26. The van der Waals surface area contributed by atoms with E-state index >= 15 is 0 Å². The zero-order chi connectivity index (χ0) is 37.5. The Labute approximate surface area is 332 Å². The number of rotatable bonds is 5. The van der Waals surface area contributed by atoms with Crippen molar-refractivity contribution in [3.05, 3.63) is 194 Å². The molecule has 0 aliphatic rings. The second-order valence-electron chi connectivity index (χ2n) is 14.6. The molecule has 57 heavy (non-hydrogen) atoms. The average Bonchev–Trinajstić information content (AvgIpc) is 3.95. The molecule has 12 aromatic rings. The summed E-state index contributed by atoms with van der Waals surface area (Å²) in [4.78, 5) is 10.4. The Hall–Kier alpha value is -7.34. The van der Waals surface area contributed by atoms with Gasteiger partial charge < -0.3 is 4.57 Å². The molecule has 12 rings (SSSR count). The van der Waals surface area contributed by atoms with Crippen molar-refractivity contribution in [3.63, 3.8) is 0 Å². The molecule has 0 N–H and O–H groups in total. The molecule has 0 radical (unpaired) electrons. The van der Waals surface area contributed by atoms with Crippen LogP contribution in [0.25, 0.3) is 109 Å². The van der Waals surface area contributed by atoms with Crippen LogP contribution in [0.5, 0.6) is 0 Å². The van der Waals surface area contributed by atoms with Crippen molar-refractivity contribution in [2.24, 2.45) is 0 Å². The third kappa shape index (κ3) is 4.93. The minimum Gasteiger partial charge on any atom is -0.309 e. The molecule has 5 heteroatoms. The molecule has 4 nitrogen and oxygen atoms in total. The number of nitrogens with zero attached hydrogens (tertiary/aromatic N) is 4. The van der Waals surface area contributed by atoms with E-state index in [4.69, 9.17) is 9.97 Å². The van der Waals surface area contributed by atoms with Crippen molar-refractivity contribution in [1.82, 2.24) is 19.1 Å². The highest BCUT2D eigenvalue weighted by Gasteiger charge is 2.22. The van der Waals surface area contributed by atoms with Crippen LogP contribution < -0.4 is 0 Å². The van der Waals surface area contributed by atoms with Gasteiger partial charge in [0.25, 0.3) is 0 Å². The van der Waals surface area contributed by atoms with Crippen molar-refractivity contribution in [1.29, 1.82) is 0 Å². The van der Waals surface area contributed by atoms with Gasteiger partial charge in [-0.2, -0.15) is 0 Å². The van der Waals surface area contributed by atoms with E-state index in [1.807, 2.05) is 35.6 Å². The Morgan fingerprint density at radius 1 is 0.386 bits per heavy atom. The fraction of sp³-hybridized carbons (Fsp3) is 0. The third-order valence-electron chi connectivity index (χ3n) is 11.3. The van der Waals surface area contributed by atoms with E-state index in [0.717, 1.165) is 39.4 Å². The lowest BCUT2D eigenvalue weighted by molar-refractivity contribution is 1.05. The summed E-state index contributed by atoms with van der Waals surface area (Å²) >= 11 is 1.88. The molecular weight excluding hydrogens is 713 g/mol. The highest BCUT2D eigenvalue weighted by Crippen LogP contribution is 2.44. The van der Waals surface area contributed by atoms with Crippen LogP contribution in [0.2, 0.25) is 0 Å². The van der Waals surface area contributed by atoms with Crippen LogP contribution in [0, 0.1) is 0 Å². The number of fused-ring (bicyclic) bond motifs is 10. The summed E-state index contributed by atoms with van der Waals surface area (Å²) < 4.78 is 7.40. The summed E-state index contributed by atoms with van der Waals surface area (Å²) in [6.45, 7) is 0. The van der Waals surface area contributed by atoms with E-state index in [0.29, 0.717) is 5.82 Å². The minimum absolute atomic E-state index is 0.696. The number of aromatic nitrogens is 4. The molecule has 0 fully saturated rings. The molecule has 0 saturated carbocycles. The molecule has 0 spiro atoms. The molecular formula is C52H32N4S. The number of hydrogen-bond acceptors (Lipinski definition) is 3. The summed E-state index contributed by atoms with van der Waals surface area (Å²) in [6, 6.07) is 69.4. The summed E-state index contributed by atoms with van der Waals surface area (Å²) in [5.41, 5.74) is 11.1. The molecule has 0 unspecified atom stereocenters. The fourth-order valence-electron chi connectivity index (χ4n) is 8.85. The minimum atomic E-state index is 0.696. The van der Waals surface area contributed by atoms with Crippen LogP contribution >= 0.6 is 11.3 Å². The van der Waals surface area contributed by atoms with Gasteiger partial charge in [-0.3, -0.25) is 4.57 Å². The standard InChI is InChI=1S/C52H32N4S/c1-3-15-33(16-4-1)42-32-48(54-52(53-42)34-17-5-2-6-18-34)56-44-27-11-8-23-41(44)50-46(56)30-29-45-49(50)40-22-7-10-26-43(40)55(45)36-20-13-19-35(31-36)37-24-14-25-39-38-21-9-12-28-47(38)57-51(37)39/h1-32H. The monoisotopic (exact) mass is 744 g/mol. The maximum Gasteiger partial charge on any atom is 0.162 e. The molecule has 8 aromatic carbocycles. The van der Waals surface area contributed by atoms with Crippen molar-refractivity contribution in [2.45, 2.75) is 0 Å². The molecule has 4 aromatic heterocycles. The van der Waals surface area contributed by atoms with Crippen LogP contribution in [0.1, 0.15) is 0 Å². The van der Waals surface area contributed by atoms with E-state index in [1.165, 1.54) is 63.9 Å². The Balaban J connectivity index is 1.11. The van der Waals surface area contributed by atoms with Crippen molar-refractivity contribution >= 4 is 75.1 Å². The fourth-order valence-corrected chi connectivity index (χ4v) is 10.1. The second kappa shape index (κ2) is 12.6. The lowest BCUT2D eigenvalue weighted by atomic mass is 10.0. The second-order valence-corrected chi connectivity index (χ2v) is 15.6. The van der Waals surface area contributed by atoms with Gasteiger partial charge in [0.05, 0.1) is 27.8 Å². The van der Waals surface area contributed by atoms with Crippen LogP contribution in [-0.4, -0.2) is 19.1 Å². The quantitative estimate of drug-likeness (QED) is 0.176. The van der Waals surface area contributed by atoms with Crippen LogP contribution in [0.4, 0.5) is 0 Å². The van der Waals surface area contributed by atoms with E-state index in [1.54, 1.807) is 0 Å². The highest BCUT2D eigenvalue weighted by atomic mass is 32.1. The van der Waals surface area contributed by atoms with Gasteiger partial charge in [-0.15, -0.1) is 11.3 Å². The Bertz CT molecular complexity index is 3460. The third-order valence-corrected chi connectivity index (χ3v) is 12.6. The van der Waals surface area contributed by atoms with Crippen molar-refractivity contribution < 1.29 is 0 Å². The van der Waals surface area contributed by atoms with Crippen molar-refractivity contribution in [3.8, 4) is 45.3 Å². The summed E-state index contributed by atoms with van der Waals surface area (Å²) in [7, 11) is 0. The molecule has 0 saturated heterocycles. The molecule has 4 heterocycles. The number of thiophene rings is 1. The number of para-hydroxylation sites is 2. The Morgan fingerprint density at radius 2 is 0.965 bits per heavy atom. The first-order valence-corrected chi connectivity index (χ1v) is 20.1. The number of hydrogen-bond donors (Lipinski definition) is 0. The lowest BCUT2D eigenvalue weighted by Crippen LogP contribution is -2.02. The predicted molar refractivity (Wildman–Crippen MR) is 240 cm³/mol. The van der Waals surface area contributed by atoms with Gasteiger partial charge in [0.1, 0.15) is 5.82 Å². The number of benzene rings is 8. The topological polar surface area (TPSA) is 35.6 Å². The van der Waals surface area contributed by atoms with Crippen molar-refractivity contribution in [2.75, 3.05) is 0 Å². The molecule has 266 valence electrons. The smallest absolute Gasteiger partial charge is 0.162 e. The first kappa shape index (κ1) is 32.0. The average molecular weight is 745 g/mol. The Kier molecular flexibility index (Phi) is 7.06. The SMILES string of the molecule is c1ccc(-c2cc(-n3c4ccccc4c4c5c6ccccc6n(-c6cccc(-c7cccc8c7sc7ccccc78)c6)c5ccc43)nc(-c3ccccc3)n2)cc1.